The number of aromatic nitrogens is 2. The summed E-state index contributed by atoms with van der Waals surface area (Å²) in [7, 11) is 1.63. The second kappa shape index (κ2) is 6.22. The zero-order valence-electron chi connectivity index (χ0n) is 12.9. The van der Waals surface area contributed by atoms with Crippen LogP contribution >= 0.6 is 23.2 Å². The van der Waals surface area contributed by atoms with E-state index in [0.29, 0.717) is 16.7 Å². The zero-order valence-corrected chi connectivity index (χ0v) is 14.4. The molecule has 6 heteroatoms. The molecule has 0 N–H and O–H groups in total. The van der Waals surface area contributed by atoms with Gasteiger partial charge in [-0.25, -0.2) is 9.97 Å². The second-order valence-corrected chi connectivity index (χ2v) is 5.77. The van der Waals surface area contributed by atoms with E-state index in [2.05, 4.69) is 9.97 Å². The molecule has 0 aliphatic rings. The molecule has 0 bridgehead atoms. The highest BCUT2D eigenvalue weighted by atomic mass is 35.5. The van der Waals surface area contributed by atoms with Crippen molar-refractivity contribution in [3.05, 3.63) is 51.9 Å². The Morgan fingerprint density at radius 3 is 2.48 bits per heavy atom. The zero-order chi connectivity index (χ0) is 16.6. The lowest BCUT2D eigenvalue weighted by Gasteiger charge is -2.16. The average Bonchev–Trinajstić information content (AvgIpc) is 2.51. The third-order valence-corrected chi connectivity index (χ3v) is 4.04. The summed E-state index contributed by atoms with van der Waals surface area (Å²) in [6.45, 7) is 3.92. The Bertz CT molecular complexity index is 897. The maximum atomic E-state index is 6.23. The van der Waals surface area contributed by atoms with Crippen molar-refractivity contribution >= 4 is 34.1 Å². The SMILES string of the molecule is COc1ccc(C)c(Oc2cccc3nc(Cl)nc(Cl)c23)c1C. The number of fused-ring (bicyclic) bond motifs is 1. The molecule has 1 aromatic heterocycles. The van der Waals surface area contributed by atoms with E-state index < -0.39 is 0 Å². The molecule has 0 fully saturated rings. The number of nitrogens with zero attached hydrogens (tertiary/aromatic N) is 2. The lowest BCUT2D eigenvalue weighted by molar-refractivity contribution is 0.404. The van der Waals surface area contributed by atoms with Gasteiger partial charge in [0.05, 0.1) is 18.0 Å². The molecule has 0 spiro atoms. The highest BCUT2D eigenvalue weighted by Crippen LogP contribution is 2.38. The Balaban J connectivity index is 2.17. The van der Waals surface area contributed by atoms with Crippen molar-refractivity contribution in [3.8, 4) is 17.2 Å². The van der Waals surface area contributed by atoms with Crippen LogP contribution in [0.15, 0.2) is 30.3 Å². The van der Waals surface area contributed by atoms with Crippen molar-refractivity contribution in [3.63, 3.8) is 0 Å². The fourth-order valence-corrected chi connectivity index (χ4v) is 2.95. The second-order valence-electron chi connectivity index (χ2n) is 5.07. The largest absolute Gasteiger partial charge is 0.496 e. The summed E-state index contributed by atoms with van der Waals surface area (Å²) in [4.78, 5) is 8.18. The highest BCUT2D eigenvalue weighted by molar-refractivity contribution is 6.36. The standard InChI is InChI=1S/C17H14Cl2N2O2/c1-9-7-8-12(22-3)10(2)15(9)23-13-6-4-5-11-14(13)16(18)21-17(19)20-11/h4-8H,1-3H3. The average molecular weight is 349 g/mol. The van der Waals surface area contributed by atoms with Gasteiger partial charge in [-0.2, -0.15) is 0 Å². The molecule has 0 aliphatic heterocycles. The van der Waals surface area contributed by atoms with Crippen LogP contribution in [0, 0.1) is 13.8 Å². The van der Waals surface area contributed by atoms with Crippen LogP contribution in [0.5, 0.6) is 17.2 Å². The first kappa shape index (κ1) is 15.8. The number of aryl methyl sites for hydroxylation is 1. The van der Waals surface area contributed by atoms with E-state index in [9.17, 15) is 0 Å². The fourth-order valence-electron chi connectivity index (χ4n) is 2.46. The third-order valence-electron chi connectivity index (χ3n) is 3.60. The minimum Gasteiger partial charge on any atom is -0.496 e. The normalized spacial score (nSPS) is 10.8. The van der Waals surface area contributed by atoms with Crippen LogP contribution in [-0.4, -0.2) is 17.1 Å². The Morgan fingerprint density at radius 1 is 0.957 bits per heavy atom. The summed E-state index contributed by atoms with van der Waals surface area (Å²) in [5.41, 5.74) is 2.53. The maximum Gasteiger partial charge on any atom is 0.224 e. The van der Waals surface area contributed by atoms with Crippen molar-refractivity contribution < 1.29 is 9.47 Å². The van der Waals surface area contributed by atoms with Gasteiger partial charge in [0.2, 0.25) is 5.28 Å². The molecule has 0 saturated carbocycles. The van der Waals surface area contributed by atoms with Crippen molar-refractivity contribution in [1.29, 1.82) is 0 Å². The lowest BCUT2D eigenvalue weighted by Crippen LogP contribution is -1.96. The van der Waals surface area contributed by atoms with E-state index in [0.717, 1.165) is 22.6 Å². The summed E-state index contributed by atoms with van der Waals surface area (Å²) in [6, 6.07) is 9.33. The van der Waals surface area contributed by atoms with Gasteiger partial charge in [0.25, 0.3) is 0 Å². The molecule has 23 heavy (non-hydrogen) atoms. The summed E-state index contributed by atoms with van der Waals surface area (Å²) >= 11 is 12.1. The first-order valence-electron chi connectivity index (χ1n) is 6.95. The summed E-state index contributed by atoms with van der Waals surface area (Å²) < 4.78 is 11.5. The third kappa shape index (κ3) is 2.92. The molecule has 3 aromatic rings. The Hall–Kier alpha value is -2.04. The lowest BCUT2D eigenvalue weighted by atomic mass is 10.1. The van der Waals surface area contributed by atoms with Gasteiger partial charge in [0, 0.05) is 5.56 Å². The number of hydrogen-bond donors (Lipinski definition) is 0. The van der Waals surface area contributed by atoms with Crippen LogP contribution in [0.3, 0.4) is 0 Å². The Morgan fingerprint density at radius 2 is 1.74 bits per heavy atom. The van der Waals surface area contributed by atoms with Gasteiger partial charge in [-0.3, -0.25) is 0 Å². The van der Waals surface area contributed by atoms with E-state index in [1.165, 1.54) is 0 Å². The summed E-state index contributed by atoms with van der Waals surface area (Å²) in [6.07, 6.45) is 0. The van der Waals surface area contributed by atoms with Gasteiger partial charge in [0.1, 0.15) is 22.4 Å². The molecule has 4 nitrogen and oxygen atoms in total. The molecule has 0 amide bonds. The monoisotopic (exact) mass is 348 g/mol. The van der Waals surface area contributed by atoms with Crippen molar-refractivity contribution in [2.75, 3.05) is 7.11 Å². The van der Waals surface area contributed by atoms with E-state index in [1.54, 1.807) is 7.11 Å². The van der Waals surface area contributed by atoms with Crippen LogP contribution < -0.4 is 9.47 Å². The highest BCUT2D eigenvalue weighted by Gasteiger charge is 2.15. The molecule has 2 aromatic carbocycles. The van der Waals surface area contributed by atoms with E-state index in [-0.39, 0.29) is 10.4 Å². The number of hydrogen-bond acceptors (Lipinski definition) is 4. The minimum absolute atomic E-state index is 0.105. The van der Waals surface area contributed by atoms with E-state index in [1.807, 2.05) is 44.2 Å². The van der Waals surface area contributed by atoms with Crippen LogP contribution in [0.4, 0.5) is 0 Å². The number of benzene rings is 2. The van der Waals surface area contributed by atoms with Crippen LogP contribution in [0.25, 0.3) is 10.9 Å². The molecule has 3 rings (SSSR count). The molecule has 118 valence electrons. The predicted octanol–water partition coefficient (Wildman–Crippen LogP) is 5.35. The Kier molecular flexibility index (Phi) is 4.28. The molecule has 0 saturated heterocycles. The number of rotatable bonds is 3. The first-order chi connectivity index (χ1) is 11.0. The number of ether oxygens (including phenoxy) is 2. The summed E-state index contributed by atoms with van der Waals surface area (Å²) in [5, 5.41) is 0.988. The van der Waals surface area contributed by atoms with Gasteiger partial charge in [-0.15, -0.1) is 0 Å². The van der Waals surface area contributed by atoms with Gasteiger partial charge in [-0.1, -0.05) is 23.7 Å². The minimum atomic E-state index is 0.105. The molecule has 0 unspecified atom stereocenters. The topological polar surface area (TPSA) is 44.2 Å². The number of halogens is 2. The van der Waals surface area contributed by atoms with Crippen molar-refractivity contribution in [2.45, 2.75) is 13.8 Å². The van der Waals surface area contributed by atoms with Gasteiger partial charge in [0.15, 0.2) is 0 Å². The maximum absolute atomic E-state index is 6.23. The van der Waals surface area contributed by atoms with E-state index in [4.69, 9.17) is 32.7 Å². The molecule has 0 aliphatic carbocycles. The molecule has 1 heterocycles. The van der Waals surface area contributed by atoms with Gasteiger partial charge in [-0.05, 0) is 49.2 Å². The first-order valence-corrected chi connectivity index (χ1v) is 7.70. The quantitative estimate of drug-likeness (QED) is 0.472. The van der Waals surface area contributed by atoms with Gasteiger partial charge >= 0.3 is 0 Å². The molecular weight excluding hydrogens is 335 g/mol. The molecule has 0 radical (unpaired) electrons. The number of methoxy groups -OCH3 is 1. The van der Waals surface area contributed by atoms with Crippen LogP contribution in [0.1, 0.15) is 11.1 Å². The summed E-state index contributed by atoms with van der Waals surface area (Å²) in [5.74, 6) is 2.06. The van der Waals surface area contributed by atoms with E-state index >= 15 is 0 Å². The fraction of sp³-hybridized carbons (Fsp3) is 0.176. The van der Waals surface area contributed by atoms with Crippen molar-refractivity contribution in [2.24, 2.45) is 0 Å². The molecule has 0 atom stereocenters. The van der Waals surface area contributed by atoms with Gasteiger partial charge < -0.3 is 9.47 Å². The van der Waals surface area contributed by atoms with Crippen LogP contribution in [-0.2, 0) is 0 Å². The molecular formula is C17H14Cl2N2O2. The predicted molar refractivity (Wildman–Crippen MR) is 92.1 cm³/mol. The smallest absolute Gasteiger partial charge is 0.224 e. The van der Waals surface area contributed by atoms with Crippen LogP contribution in [0.2, 0.25) is 10.4 Å². The van der Waals surface area contributed by atoms with Crippen molar-refractivity contribution in [1.82, 2.24) is 9.97 Å². The Labute approximate surface area is 144 Å².